The molecule has 0 radical (unpaired) electrons. The Bertz CT molecular complexity index is 1330. The maximum atomic E-state index is 13.7. The normalized spacial score (nSPS) is 15.7. The van der Waals surface area contributed by atoms with Crippen LogP contribution in [0.4, 0.5) is 0 Å². The van der Waals surface area contributed by atoms with Crippen LogP contribution in [0.2, 0.25) is 10.0 Å². The molecule has 11 heteroatoms. The number of halogens is 2. The van der Waals surface area contributed by atoms with Crippen LogP contribution in [-0.4, -0.2) is 64.0 Å². The molecule has 7 nitrogen and oxygen atoms in total. The third kappa shape index (κ3) is 5.56. The van der Waals surface area contributed by atoms with Crippen LogP contribution in [0.25, 0.3) is 0 Å². The van der Waals surface area contributed by atoms with Crippen molar-refractivity contribution in [2.24, 2.45) is 0 Å². The average Bonchev–Trinajstić information content (AvgIpc) is 3.35. The summed E-state index contributed by atoms with van der Waals surface area (Å²) in [6, 6.07) is 12.8. The molecule has 1 unspecified atom stereocenters. The molecule has 0 saturated heterocycles. The molecule has 1 atom stereocenters. The highest BCUT2D eigenvalue weighted by Gasteiger charge is 2.36. The highest BCUT2D eigenvalue weighted by molar-refractivity contribution is 7.89. The molecule has 2 aromatic carbocycles. The number of amides is 1. The molecule has 1 aliphatic heterocycles. The largest absolute Gasteiger partial charge is 0.497 e. The zero-order valence-electron chi connectivity index (χ0n) is 19.8. The van der Waals surface area contributed by atoms with Crippen molar-refractivity contribution in [3.05, 3.63) is 80.0 Å². The summed E-state index contributed by atoms with van der Waals surface area (Å²) >= 11 is 14.3. The van der Waals surface area contributed by atoms with Gasteiger partial charge in [-0.15, -0.1) is 11.3 Å². The Morgan fingerprint density at radius 2 is 1.86 bits per heavy atom. The van der Waals surface area contributed by atoms with E-state index in [4.69, 9.17) is 32.7 Å². The van der Waals surface area contributed by atoms with Gasteiger partial charge in [0.15, 0.2) is 0 Å². The van der Waals surface area contributed by atoms with Gasteiger partial charge in [0.05, 0.1) is 31.2 Å². The minimum absolute atomic E-state index is 0.0283. The molecule has 0 N–H and O–H groups in total. The van der Waals surface area contributed by atoms with Crippen molar-refractivity contribution in [1.82, 2.24) is 9.21 Å². The van der Waals surface area contributed by atoms with Crippen LogP contribution in [0.3, 0.4) is 0 Å². The van der Waals surface area contributed by atoms with Gasteiger partial charge in [-0.05, 0) is 65.4 Å². The number of rotatable bonds is 9. The van der Waals surface area contributed by atoms with E-state index < -0.39 is 16.1 Å². The average molecular weight is 570 g/mol. The van der Waals surface area contributed by atoms with E-state index in [1.165, 1.54) is 31.2 Å². The topological polar surface area (TPSA) is 76.2 Å². The molecule has 192 valence electrons. The van der Waals surface area contributed by atoms with Gasteiger partial charge in [-0.25, -0.2) is 8.42 Å². The lowest BCUT2D eigenvalue weighted by molar-refractivity contribution is -0.133. The lowest BCUT2D eigenvalue weighted by Crippen LogP contribution is -2.47. The molecule has 0 bridgehead atoms. The first-order valence-corrected chi connectivity index (χ1v) is 14.3. The molecule has 1 aromatic heterocycles. The molecule has 0 fully saturated rings. The van der Waals surface area contributed by atoms with Gasteiger partial charge in [0.25, 0.3) is 0 Å². The number of fused-ring (bicyclic) bond motifs is 1. The summed E-state index contributed by atoms with van der Waals surface area (Å²) in [5.41, 5.74) is 1.74. The molecule has 4 rings (SSSR count). The molecular weight excluding hydrogens is 543 g/mol. The van der Waals surface area contributed by atoms with Crippen molar-refractivity contribution in [1.29, 1.82) is 0 Å². The van der Waals surface area contributed by atoms with Gasteiger partial charge in [-0.2, -0.15) is 4.31 Å². The van der Waals surface area contributed by atoms with Crippen LogP contribution in [0, 0.1) is 0 Å². The number of hydrogen-bond donors (Lipinski definition) is 0. The van der Waals surface area contributed by atoms with Gasteiger partial charge >= 0.3 is 0 Å². The number of benzene rings is 2. The van der Waals surface area contributed by atoms with Gasteiger partial charge in [0, 0.05) is 35.1 Å². The Balaban J connectivity index is 1.66. The van der Waals surface area contributed by atoms with E-state index in [0.29, 0.717) is 28.8 Å². The number of hydrogen-bond acceptors (Lipinski definition) is 6. The van der Waals surface area contributed by atoms with Crippen LogP contribution < -0.4 is 4.74 Å². The second-order valence-corrected chi connectivity index (χ2v) is 12.0. The maximum Gasteiger partial charge on any atom is 0.243 e. The third-order valence-corrected chi connectivity index (χ3v) is 9.52. The number of thiophene rings is 1. The number of sulfonamides is 1. The fourth-order valence-corrected chi connectivity index (χ4v) is 7.05. The standard InChI is InChI=1S/C25H26Cl2N2O5S2/c1-33-13-12-28(36(31,32)19-6-4-18(34-2)5-7-19)16-24(30)29-11-9-23-21(10-14-35-23)25(29)20-8-3-17(26)15-22(20)27/h3-8,10,14-15,25H,9,11-13,16H2,1-2H3. The van der Waals surface area contributed by atoms with E-state index in [-0.39, 0.29) is 30.5 Å². The summed E-state index contributed by atoms with van der Waals surface area (Å²) in [5, 5.41) is 2.94. The first-order chi connectivity index (χ1) is 17.3. The molecule has 2 heterocycles. The Kier molecular flexibility index (Phi) is 8.59. The van der Waals surface area contributed by atoms with Gasteiger partial charge in [0.1, 0.15) is 5.75 Å². The monoisotopic (exact) mass is 568 g/mol. The molecule has 1 amide bonds. The Labute approximate surface area is 225 Å². The molecular formula is C25H26Cl2N2O5S2. The summed E-state index contributed by atoms with van der Waals surface area (Å²) < 4.78 is 38.4. The lowest BCUT2D eigenvalue weighted by Gasteiger charge is -2.37. The van der Waals surface area contributed by atoms with Crippen LogP contribution in [0.5, 0.6) is 5.75 Å². The Morgan fingerprint density at radius 1 is 1.11 bits per heavy atom. The van der Waals surface area contributed by atoms with Gasteiger partial charge in [-0.1, -0.05) is 29.3 Å². The van der Waals surface area contributed by atoms with Crippen LogP contribution in [0.1, 0.15) is 22.0 Å². The number of methoxy groups -OCH3 is 2. The third-order valence-electron chi connectivity index (χ3n) is 6.10. The van der Waals surface area contributed by atoms with Gasteiger partial charge < -0.3 is 14.4 Å². The number of ether oxygens (including phenoxy) is 2. The van der Waals surface area contributed by atoms with Crippen LogP contribution in [0.15, 0.2) is 58.8 Å². The highest BCUT2D eigenvalue weighted by Crippen LogP contribution is 2.41. The first kappa shape index (κ1) is 26.9. The molecule has 0 saturated carbocycles. The van der Waals surface area contributed by atoms with E-state index in [9.17, 15) is 13.2 Å². The van der Waals surface area contributed by atoms with E-state index >= 15 is 0 Å². The summed E-state index contributed by atoms with van der Waals surface area (Å²) in [6.07, 6.45) is 0.684. The SMILES string of the molecule is COCCN(CC(=O)N1CCc2sccc2C1c1ccc(Cl)cc1Cl)S(=O)(=O)c1ccc(OC)cc1. The Morgan fingerprint density at radius 3 is 2.53 bits per heavy atom. The smallest absolute Gasteiger partial charge is 0.243 e. The van der Waals surface area contributed by atoms with Crippen molar-refractivity contribution in [2.45, 2.75) is 17.4 Å². The molecule has 1 aliphatic rings. The summed E-state index contributed by atoms with van der Waals surface area (Å²) in [4.78, 5) is 16.7. The quantitative estimate of drug-likeness (QED) is 0.368. The fourth-order valence-electron chi connectivity index (χ4n) is 4.26. The summed E-state index contributed by atoms with van der Waals surface area (Å²) in [5.74, 6) is 0.215. The highest BCUT2D eigenvalue weighted by atomic mass is 35.5. The second-order valence-electron chi connectivity index (χ2n) is 8.21. The molecule has 3 aromatic rings. The van der Waals surface area contributed by atoms with E-state index in [2.05, 4.69) is 0 Å². The predicted molar refractivity (Wildman–Crippen MR) is 142 cm³/mol. The minimum Gasteiger partial charge on any atom is -0.497 e. The van der Waals surface area contributed by atoms with E-state index in [1.807, 2.05) is 17.5 Å². The number of carbonyl (C=O) groups is 1. The predicted octanol–water partition coefficient (Wildman–Crippen LogP) is 4.87. The van der Waals surface area contributed by atoms with E-state index in [0.717, 1.165) is 15.4 Å². The molecule has 36 heavy (non-hydrogen) atoms. The van der Waals surface area contributed by atoms with Gasteiger partial charge in [-0.3, -0.25) is 4.79 Å². The van der Waals surface area contributed by atoms with Crippen molar-refractivity contribution in [2.75, 3.05) is 40.5 Å². The molecule has 0 aliphatic carbocycles. The lowest BCUT2D eigenvalue weighted by atomic mass is 9.93. The van der Waals surface area contributed by atoms with Crippen LogP contribution >= 0.6 is 34.5 Å². The van der Waals surface area contributed by atoms with Gasteiger partial charge in [0.2, 0.25) is 15.9 Å². The number of carbonyl (C=O) groups excluding carboxylic acids is 1. The van der Waals surface area contributed by atoms with Crippen molar-refractivity contribution in [3.63, 3.8) is 0 Å². The minimum atomic E-state index is -3.97. The fraction of sp³-hybridized carbons (Fsp3) is 0.320. The maximum absolute atomic E-state index is 13.7. The van der Waals surface area contributed by atoms with Crippen molar-refractivity contribution < 1.29 is 22.7 Å². The summed E-state index contributed by atoms with van der Waals surface area (Å²) in [7, 11) is -0.974. The van der Waals surface area contributed by atoms with Crippen LogP contribution in [-0.2, 0) is 26.0 Å². The Hall–Kier alpha value is -2.14. The first-order valence-electron chi connectivity index (χ1n) is 11.2. The molecule has 0 spiro atoms. The second kappa shape index (κ2) is 11.5. The van der Waals surface area contributed by atoms with Crippen molar-refractivity contribution in [3.8, 4) is 5.75 Å². The zero-order valence-corrected chi connectivity index (χ0v) is 23.0. The zero-order chi connectivity index (χ0) is 25.9. The van der Waals surface area contributed by atoms with Crippen molar-refractivity contribution >= 4 is 50.5 Å². The van der Waals surface area contributed by atoms with E-state index in [1.54, 1.807) is 40.5 Å². The number of nitrogens with zero attached hydrogens (tertiary/aromatic N) is 2. The summed E-state index contributed by atoms with van der Waals surface area (Å²) in [6.45, 7) is 0.278.